The molecule has 1 fully saturated rings. The highest BCUT2D eigenvalue weighted by Gasteiger charge is 2.25. The van der Waals surface area contributed by atoms with Gasteiger partial charge in [0.2, 0.25) is 0 Å². The summed E-state index contributed by atoms with van der Waals surface area (Å²) in [5.41, 5.74) is 0.880. The Morgan fingerprint density at radius 2 is 1.85 bits per heavy atom. The van der Waals surface area contributed by atoms with Crippen molar-refractivity contribution in [2.24, 2.45) is 5.92 Å². The van der Waals surface area contributed by atoms with E-state index in [2.05, 4.69) is 4.98 Å². The average molecular weight is 360 g/mol. The molecule has 1 saturated heterocycles. The van der Waals surface area contributed by atoms with Crippen LogP contribution in [0.15, 0.2) is 36.5 Å². The van der Waals surface area contributed by atoms with Gasteiger partial charge in [0, 0.05) is 19.3 Å². The Morgan fingerprint density at radius 3 is 2.50 bits per heavy atom. The number of amides is 1. The second kappa shape index (κ2) is 7.59. The number of hydrogen-bond acceptors (Lipinski definition) is 3. The van der Waals surface area contributed by atoms with Gasteiger partial charge < -0.3 is 10.0 Å². The van der Waals surface area contributed by atoms with E-state index in [0.29, 0.717) is 19.5 Å². The van der Waals surface area contributed by atoms with Crippen molar-refractivity contribution in [1.82, 2.24) is 9.88 Å². The number of halogens is 2. The Balaban J connectivity index is 1.59. The summed E-state index contributed by atoms with van der Waals surface area (Å²) < 4.78 is 26.3. The topological polar surface area (TPSA) is 70.5 Å². The largest absolute Gasteiger partial charge is 0.478 e. The molecule has 7 heteroatoms. The molecule has 0 aliphatic carbocycles. The fourth-order valence-electron chi connectivity index (χ4n) is 3.18. The number of benzene rings is 1. The van der Waals surface area contributed by atoms with Crippen LogP contribution in [-0.4, -0.2) is 40.0 Å². The lowest BCUT2D eigenvalue weighted by Gasteiger charge is -2.32. The molecule has 1 aromatic carbocycles. The van der Waals surface area contributed by atoms with Gasteiger partial charge in [0.1, 0.15) is 5.69 Å². The maximum atomic E-state index is 13.3. The van der Waals surface area contributed by atoms with E-state index in [1.54, 1.807) is 11.0 Å². The summed E-state index contributed by atoms with van der Waals surface area (Å²) in [7, 11) is 0. The average Bonchev–Trinajstić information content (AvgIpc) is 2.65. The minimum atomic E-state index is -1.10. The van der Waals surface area contributed by atoms with E-state index in [1.807, 2.05) is 0 Å². The highest BCUT2D eigenvalue weighted by atomic mass is 19.2. The smallest absolute Gasteiger partial charge is 0.335 e. The molecule has 0 unspecified atom stereocenters. The predicted octanol–water partition coefficient (Wildman–Crippen LogP) is 3.15. The van der Waals surface area contributed by atoms with Gasteiger partial charge in [-0.2, -0.15) is 0 Å². The van der Waals surface area contributed by atoms with Crippen LogP contribution >= 0.6 is 0 Å². The van der Waals surface area contributed by atoms with E-state index in [-0.39, 0.29) is 23.1 Å². The van der Waals surface area contributed by atoms with Crippen LogP contribution in [0.4, 0.5) is 8.78 Å². The van der Waals surface area contributed by atoms with Gasteiger partial charge in [-0.15, -0.1) is 0 Å². The zero-order chi connectivity index (χ0) is 18.7. The summed E-state index contributed by atoms with van der Waals surface area (Å²) in [4.78, 5) is 29.1. The zero-order valence-corrected chi connectivity index (χ0v) is 14.0. The molecule has 0 spiro atoms. The van der Waals surface area contributed by atoms with Gasteiger partial charge in [0.15, 0.2) is 11.6 Å². The SMILES string of the molecule is O=C(O)c1ccnc(C(=O)N2CCC(Cc3ccc(F)c(F)c3)CC2)c1. The molecule has 2 heterocycles. The Bertz CT molecular complexity index is 833. The van der Waals surface area contributed by atoms with Crippen molar-refractivity contribution < 1.29 is 23.5 Å². The van der Waals surface area contributed by atoms with Crippen LogP contribution in [0.5, 0.6) is 0 Å². The first-order valence-electron chi connectivity index (χ1n) is 8.36. The third-order valence-corrected chi connectivity index (χ3v) is 4.64. The summed E-state index contributed by atoms with van der Waals surface area (Å²) in [5, 5.41) is 9.01. The van der Waals surface area contributed by atoms with Gasteiger partial charge in [-0.3, -0.25) is 9.78 Å². The molecular weight excluding hydrogens is 342 g/mol. The highest BCUT2D eigenvalue weighted by Crippen LogP contribution is 2.23. The van der Waals surface area contributed by atoms with E-state index in [4.69, 9.17) is 5.11 Å². The number of carbonyl (C=O) groups excluding carboxylic acids is 1. The number of carboxylic acids is 1. The molecule has 0 radical (unpaired) electrons. The van der Waals surface area contributed by atoms with Crippen molar-refractivity contribution >= 4 is 11.9 Å². The quantitative estimate of drug-likeness (QED) is 0.909. The van der Waals surface area contributed by atoms with E-state index in [1.165, 1.54) is 24.4 Å². The Labute approximate surface area is 149 Å². The van der Waals surface area contributed by atoms with Crippen LogP contribution in [0.2, 0.25) is 0 Å². The van der Waals surface area contributed by atoms with Crippen LogP contribution < -0.4 is 0 Å². The Kier molecular flexibility index (Phi) is 5.25. The number of likely N-dealkylation sites (tertiary alicyclic amines) is 1. The number of pyridine rings is 1. The number of aromatic nitrogens is 1. The lowest BCUT2D eigenvalue weighted by molar-refractivity contribution is 0.0684. The number of piperidine rings is 1. The van der Waals surface area contributed by atoms with Crippen LogP contribution in [0, 0.1) is 17.6 Å². The standard InChI is InChI=1S/C19H18F2N2O3/c20-15-2-1-13(10-16(15)21)9-12-4-7-23(8-5-12)18(24)17-11-14(19(25)26)3-6-22-17/h1-3,6,10-12H,4-5,7-9H2,(H,25,26). The fraction of sp³-hybridized carbons (Fsp3) is 0.316. The number of aromatic carboxylic acids is 1. The van der Waals surface area contributed by atoms with E-state index >= 15 is 0 Å². The first-order chi connectivity index (χ1) is 12.4. The Hall–Kier alpha value is -2.83. The molecule has 0 bridgehead atoms. The predicted molar refractivity (Wildman–Crippen MR) is 89.9 cm³/mol. The molecular formula is C19H18F2N2O3. The molecule has 136 valence electrons. The molecule has 3 rings (SSSR count). The van der Waals surface area contributed by atoms with Crippen LogP contribution in [0.25, 0.3) is 0 Å². The fourth-order valence-corrected chi connectivity index (χ4v) is 3.18. The number of carbonyl (C=O) groups is 2. The van der Waals surface area contributed by atoms with Crippen molar-refractivity contribution in [3.8, 4) is 0 Å². The summed E-state index contributed by atoms with van der Waals surface area (Å²) in [6.45, 7) is 1.04. The molecule has 26 heavy (non-hydrogen) atoms. The molecule has 1 aromatic heterocycles. The molecule has 1 aliphatic rings. The van der Waals surface area contributed by atoms with Crippen LogP contribution in [-0.2, 0) is 6.42 Å². The number of rotatable bonds is 4. The van der Waals surface area contributed by atoms with Crippen molar-refractivity contribution in [2.45, 2.75) is 19.3 Å². The van der Waals surface area contributed by atoms with Gasteiger partial charge in [-0.1, -0.05) is 6.07 Å². The van der Waals surface area contributed by atoms with Crippen molar-refractivity contribution in [1.29, 1.82) is 0 Å². The minimum Gasteiger partial charge on any atom is -0.478 e. The summed E-state index contributed by atoms with van der Waals surface area (Å²) >= 11 is 0. The Morgan fingerprint density at radius 1 is 1.12 bits per heavy atom. The van der Waals surface area contributed by atoms with Gasteiger partial charge in [-0.05, 0) is 55.0 Å². The van der Waals surface area contributed by atoms with Crippen molar-refractivity contribution in [3.05, 3.63) is 65.0 Å². The lowest BCUT2D eigenvalue weighted by Crippen LogP contribution is -2.39. The van der Waals surface area contributed by atoms with Crippen LogP contribution in [0.1, 0.15) is 39.3 Å². The minimum absolute atomic E-state index is 0.0246. The summed E-state index contributed by atoms with van der Waals surface area (Å²) in [6.07, 6.45) is 3.42. The van der Waals surface area contributed by atoms with Gasteiger partial charge in [0.05, 0.1) is 5.56 Å². The van der Waals surface area contributed by atoms with Gasteiger partial charge in [-0.25, -0.2) is 13.6 Å². The normalized spacial score (nSPS) is 15.1. The molecule has 1 N–H and O–H groups in total. The number of carboxylic acid groups (broad SMARTS) is 1. The molecule has 5 nitrogen and oxygen atoms in total. The first-order valence-corrected chi connectivity index (χ1v) is 8.36. The van der Waals surface area contributed by atoms with Crippen molar-refractivity contribution in [3.63, 3.8) is 0 Å². The maximum Gasteiger partial charge on any atom is 0.335 e. The van der Waals surface area contributed by atoms with E-state index < -0.39 is 17.6 Å². The maximum absolute atomic E-state index is 13.3. The monoisotopic (exact) mass is 360 g/mol. The molecule has 1 amide bonds. The van der Waals surface area contributed by atoms with E-state index in [9.17, 15) is 18.4 Å². The zero-order valence-electron chi connectivity index (χ0n) is 14.0. The number of hydrogen-bond donors (Lipinski definition) is 1. The first kappa shape index (κ1) is 18.0. The van der Waals surface area contributed by atoms with Gasteiger partial charge in [0.25, 0.3) is 5.91 Å². The highest BCUT2D eigenvalue weighted by molar-refractivity contribution is 5.95. The van der Waals surface area contributed by atoms with Crippen molar-refractivity contribution in [2.75, 3.05) is 13.1 Å². The summed E-state index contributed by atoms with van der Waals surface area (Å²) in [5.74, 6) is -2.82. The van der Waals surface area contributed by atoms with Gasteiger partial charge >= 0.3 is 5.97 Å². The third-order valence-electron chi connectivity index (χ3n) is 4.64. The second-order valence-electron chi connectivity index (χ2n) is 6.42. The van der Waals surface area contributed by atoms with Crippen LogP contribution in [0.3, 0.4) is 0 Å². The lowest BCUT2D eigenvalue weighted by atomic mass is 9.90. The second-order valence-corrected chi connectivity index (χ2v) is 6.42. The molecule has 2 aromatic rings. The summed E-state index contributed by atoms with van der Waals surface area (Å²) in [6, 6.07) is 6.54. The molecule has 1 aliphatic heterocycles. The number of nitrogens with zero attached hydrogens (tertiary/aromatic N) is 2. The third kappa shape index (κ3) is 4.04. The molecule has 0 atom stereocenters. The van der Waals surface area contributed by atoms with E-state index in [0.717, 1.165) is 24.5 Å². The molecule has 0 saturated carbocycles.